The molecule has 3 N–H and O–H groups in total. The summed E-state index contributed by atoms with van der Waals surface area (Å²) < 4.78 is 1.34. The number of fused-ring (bicyclic) bond motifs is 12. The van der Waals surface area contributed by atoms with Crippen LogP contribution in [-0.4, -0.2) is 117 Å². The molecule has 6 saturated heterocycles. The summed E-state index contributed by atoms with van der Waals surface area (Å²) in [7, 11) is 6.77. The topological polar surface area (TPSA) is 62.9 Å². The van der Waals surface area contributed by atoms with Gasteiger partial charge in [-0.05, 0) is 259 Å². The van der Waals surface area contributed by atoms with Crippen LogP contribution in [0.3, 0.4) is 0 Å². The number of nitrogens with one attached hydrogen (secondary N) is 3. The minimum atomic E-state index is 0.206. The summed E-state index contributed by atoms with van der Waals surface area (Å²) in [6.07, 6.45) is 23.8. The fourth-order valence-corrected chi connectivity index (χ4v) is 17.6. The van der Waals surface area contributed by atoms with E-state index in [2.05, 4.69) is 260 Å². The van der Waals surface area contributed by atoms with Gasteiger partial charge in [0.2, 0.25) is 5.91 Å². The van der Waals surface area contributed by atoms with Gasteiger partial charge in [-0.25, -0.2) is 0 Å². The van der Waals surface area contributed by atoms with Crippen LogP contribution in [0, 0.1) is 73.7 Å². The molecular weight excluding hydrogens is 1160 g/mol. The highest BCUT2D eigenvalue weighted by Crippen LogP contribution is 2.49. The Labute approximate surface area is 525 Å². The van der Waals surface area contributed by atoms with Crippen LogP contribution in [0.1, 0.15) is 138 Å². The SMILES string of the molecule is CCl.CN1CC2C=CC1C2.Cc1ccccc1C1CC2CC1CN2.Cc1ccccc1C1CC2CC1CN2C.Cc1ccccc1C1CC2CC1N(C)C2.Cc1ccccc1C1CC2CNC1C2.Cc1ccccc1I.O=C1NC2C=CC1C2. The molecular formula is C75H100ClIN6O. The fourth-order valence-electron chi connectivity index (χ4n) is 17.2. The first-order chi connectivity index (χ1) is 40.7. The molecule has 6 aliphatic heterocycles. The first-order valence-electron chi connectivity index (χ1n) is 32.3. The number of piperidine rings is 4. The van der Waals surface area contributed by atoms with Crippen LogP contribution in [0.15, 0.2) is 146 Å². The van der Waals surface area contributed by atoms with Gasteiger partial charge >= 0.3 is 0 Å². The monoisotopic (exact) mass is 1260 g/mol. The van der Waals surface area contributed by atoms with Crippen LogP contribution < -0.4 is 16.0 Å². The number of hydrogen-bond acceptors (Lipinski definition) is 6. The van der Waals surface area contributed by atoms with Gasteiger partial charge in [0.15, 0.2) is 0 Å². The number of carbonyl (C=O) groups excluding carboxylic acids is 1. The lowest BCUT2D eigenvalue weighted by molar-refractivity contribution is -0.121. The Balaban J connectivity index is 0.000000110. The second kappa shape index (κ2) is 29.2. The highest BCUT2D eigenvalue weighted by atomic mass is 127. The predicted octanol–water partition coefficient (Wildman–Crippen LogP) is 14.9. The van der Waals surface area contributed by atoms with Crippen molar-refractivity contribution in [2.24, 2.45) is 35.5 Å². The molecule has 6 aliphatic carbocycles. The maximum Gasteiger partial charge on any atom is 0.227 e. The van der Waals surface area contributed by atoms with Crippen LogP contribution >= 0.6 is 34.2 Å². The van der Waals surface area contributed by atoms with Gasteiger partial charge < -0.3 is 25.8 Å². The van der Waals surface area contributed by atoms with Gasteiger partial charge in [-0.1, -0.05) is 140 Å². The summed E-state index contributed by atoms with van der Waals surface area (Å²) >= 11 is 6.96. The van der Waals surface area contributed by atoms with Crippen LogP contribution in [0.4, 0.5) is 0 Å². The van der Waals surface area contributed by atoms with Crippen molar-refractivity contribution in [2.75, 3.05) is 60.2 Å². The molecule has 450 valence electrons. The molecule has 17 rings (SSSR count). The molecule has 84 heavy (non-hydrogen) atoms. The zero-order valence-corrected chi connectivity index (χ0v) is 55.1. The van der Waals surface area contributed by atoms with Crippen LogP contribution in [0.25, 0.3) is 0 Å². The third-order valence-electron chi connectivity index (χ3n) is 21.7. The number of likely N-dealkylation sites (N-methyl/N-ethyl adjacent to an activating group) is 2. The maximum absolute atomic E-state index is 10.7. The van der Waals surface area contributed by atoms with Crippen LogP contribution in [0.2, 0.25) is 0 Å². The van der Waals surface area contributed by atoms with E-state index in [0.717, 1.165) is 89.9 Å². The molecule has 10 fully saturated rings. The summed E-state index contributed by atoms with van der Waals surface area (Å²) in [5.74, 6) is 8.30. The number of nitrogens with zero attached hydrogens (tertiary/aromatic N) is 3. The number of benzene rings is 5. The van der Waals surface area contributed by atoms with Gasteiger partial charge in [0.05, 0.1) is 5.92 Å². The van der Waals surface area contributed by atoms with Gasteiger partial charge in [-0.15, -0.1) is 11.6 Å². The second-order valence-corrected chi connectivity index (χ2v) is 28.4. The van der Waals surface area contributed by atoms with Crippen LogP contribution in [0.5, 0.6) is 0 Å². The van der Waals surface area contributed by atoms with E-state index in [1.165, 1.54) is 128 Å². The third kappa shape index (κ3) is 15.0. The molecule has 16 atom stereocenters. The Hall–Kier alpha value is -4.13. The third-order valence-corrected chi connectivity index (χ3v) is 22.9. The van der Waals surface area contributed by atoms with Gasteiger partial charge in [0, 0.05) is 71.8 Å². The van der Waals surface area contributed by atoms with Crippen molar-refractivity contribution in [3.8, 4) is 0 Å². The summed E-state index contributed by atoms with van der Waals surface area (Å²) in [5, 5.41) is 10.0. The van der Waals surface area contributed by atoms with Crippen molar-refractivity contribution >= 4 is 40.1 Å². The Morgan fingerprint density at radius 1 is 0.464 bits per heavy atom. The molecule has 0 spiro atoms. The smallest absolute Gasteiger partial charge is 0.227 e. The van der Waals surface area contributed by atoms with E-state index in [0.29, 0.717) is 6.04 Å². The predicted molar refractivity (Wildman–Crippen MR) is 362 cm³/mol. The van der Waals surface area contributed by atoms with E-state index >= 15 is 0 Å². The first-order valence-corrected chi connectivity index (χ1v) is 34.1. The van der Waals surface area contributed by atoms with Crippen molar-refractivity contribution < 1.29 is 4.79 Å². The fraction of sp³-hybridized carbons (Fsp3) is 0.533. The van der Waals surface area contributed by atoms with Gasteiger partial charge in [-0.2, -0.15) is 0 Å². The largest absolute Gasteiger partial charge is 0.349 e. The second-order valence-electron chi connectivity index (χ2n) is 27.2. The van der Waals surface area contributed by atoms with E-state index in [1.54, 1.807) is 22.3 Å². The molecule has 7 nitrogen and oxygen atoms in total. The van der Waals surface area contributed by atoms with Crippen molar-refractivity contribution in [2.45, 2.75) is 159 Å². The van der Waals surface area contributed by atoms with E-state index in [1.807, 2.05) is 6.08 Å². The molecule has 0 radical (unpaired) electrons. The molecule has 9 heteroatoms. The number of alkyl halides is 1. The van der Waals surface area contributed by atoms with E-state index in [4.69, 9.17) is 0 Å². The summed E-state index contributed by atoms with van der Waals surface area (Å²) in [6.45, 7) is 17.5. The standard InChI is InChI=1S/2C14H19N.2C13H17N.C7H7I.C7H11N.C6H7NO.CH3Cl/c1-10-5-3-4-6-13(10)14-8-12-7-11(14)9-15(12)2;1-10-5-3-4-6-12(10)13-7-11-8-14(13)15(2)9-11;1-9-4-2-3-5-12(9)13-7-11-6-10(13)8-14-11;1-9-4-2-3-5-11(9)12-6-10-7-13(12)14-8-10;1-6-4-2-3-5-7(6)8;1-8-5-6-2-3-7(8)4-6;8-6-4-1-2-5(3-4)7-6;1-2/h3-6,11-12,14H,7-9H2,1-2H3;3-6,11,13-14H,7-9H2,1-2H3;2-5,10-11,13-14H,6-8H2,1H3;2-5,10,12-14H,6-8H2,1H3;2-5H,1H3;2-3,6-7H,4-5H2,1H3;1-2,4-5H,3H2,(H,7,8);1H3. The lowest BCUT2D eigenvalue weighted by Crippen LogP contribution is -2.33. The van der Waals surface area contributed by atoms with Gasteiger partial charge in [0.1, 0.15) is 0 Å². The zero-order valence-electron chi connectivity index (χ0n) is 52.2. The quantitative estimate of drug-likeness (QED) is 0.0947. The van der Waals surface area contributed by atoms with Crippen LogP contribution in [-0.2, 0) is 4.79 Å². The Bertz CT molecular complexity index is 2920. The molecule has 5 aromatic carbocycles. The minimum absolute atomic E-state index is 0.206. The summed E-state index contributed by atoms with van der Waals surface area (Å²) in [4.78, 5) is 18.2. The van der Waals surface area contributed by atoms with Gasteiger partial charge in [0.25, 0.3) is 0 Å². The first kappa shape index (κ1) is 62.9. The Morgan fingerprint density at radius 3 is 1.39 bits per heavy atom. The summed E-state index contributed by atoms with van der Waals surface area (Å²) in [5.41, 5.74) is 13.6. The normalized spacial score (nSPS) is 33.2. The number of halogens is 2. The molecule has 4 saturated carbocycles. The molecule has 6 heterocycles. The zero-order chi connectivity index (χ0) is 59.0. The number of amides is 1. The average Bonchev–Trinajstić information content (AvgIpc) is 4.42. The molecule has 0 aromatic heterocycles. The molecule has 1 amide bonds. The minimum Gasteiger partial charge on any atom is -0.349 e. The molecule has 5 aromatic rings. The molecule has 16 unspecified atom stereocenters. The Kier molecular flexibility index (Phi) is 21.9. The van der Waals surface area contributed by atoms with Crippen molar-refractivity contribution in [3.63, 3.8) is 0 Å². The number of carbonyl (C=O) groups is 1. The van der Waals surface area contributed by atoms with E-state index in [9.17, 15) is 4.79 Å². The van der Waals surface area contributed by atoms with Crippen molar-refractivity contribution in [1.82, 2.24) is 30.7 Å². The van der Waals surface area contributed by atoms with Crippen molar-refractivity contribution in [3.05, 3.63) is 199 Å². The Morgan fingerprint density at radius 2 is 1.04 bits per heavy atom. The highest BCUT2D eigenvalue weighted by Gasteiger charge is 2.46. The number of hydrogen-bond donors (Lipinski definition) is 3. The van der Waals surface area contributed by atoms with E-state index in [-0.39, 0.29) is 11.8 Å². The number of rotatable bonds is 4. The lowest BCUT2D eigenvalue weighted by Gasteiger charge is -2.31. The molecule has 12 aliphatic rings. The maximum atomic E-state index is 10.7. The molecule has 12 bridgehead atoms. The average molecular weight is 1260 g/mol. The van der Waals surface area contributed by atoms with Crippen molar-refractivity contribution in [1.29, 1.82) is 0 Å². The highest BCUT2D eigenvalue weighted by molar-refractivity contribution is 14.1. The summed E-state index contributed by atoms with van der Waals surface area (Å²) in [6, 6.07) is 48.3. The number of aryl methyl sites for hydroxylation is 5. The lowest BCUT2D eigenvalue weighted by atomic mass is 9.85. The number of likely N-dealkylation sites (tertiary alicyclic amines) is 3. The van der Waals surface area contributed by atoms with E-state index < -0.39 is 0 Å². The van der Waals surface area contributed by atoms with Gasteiger partial charge in [-0.3, -0.25) is 9.69 Å².